The molecule has 6 heteroatoms. The Morgan fingerprint density at radius 2 is 1.90 bits per heavy atom. The van der Waals surface area contributed by atoms with Crippen molar-refractivity contribution in [2.75, 3.05) is 13.2 Å². The van der Waals surface area contributed by atoms with E-state index in [0.717, 1.165) is 11.1 Å². The molecular formula is C25H30FNO4. The van der Waals surface area contributed by atoms with Crippen molar-refractivity contribution in [2.45, 2.75) is 44.9 Å². The Bertz CT molecular complexity index is 869. The maximum Gasteiger partial charge on any atom is 0.286 e. The van der Waals surface area contributed by atoms with Gasteiger partial charge in [0.2, 0.25) is 6.29 Å². The average molecular weight is 428 g/mol. The van der Waals surface area contributed by atoms with Crippen LogP contribution in [-0.2, 0) is 14.3 Å². The SMILES string of the molecule is CCO[C@H]1OC(C(=O)N[C@@H](C)c2ccc(F)cc2)=C[C@@H](c2ccccc2)[C@H]1CCCO. The van der Waals surface area contributed by atoms with Crippen molar-refractivity contribution < 1.29 is 23.8 Å². The summed E-state index contributed by atoms with van der Waals surface area (Å²) in [5.74, 6) is -0.565. The summed E-state index contributed by atoms with van der Waals surface area (Å²) in [6.45, 7) is 4.26. The molecule has 0 aromatic heterocycles. The number of halogens is 1. The predicted octanol–water partition coefficient (Wildman–Crippen LogP) is 4.45. The first-order valence-electron chi connectivity index (χ1n) is 10.8. The summed E-state index contributed by atoms with van der Waals surface area (Å²) >= 11 is 0. The fourth-order valence-electron chi connectivity index (χ4n) is 3.92. The van der Waals surface area contributed by atoms with Crippen LogP contribution in [0.1, 0.15) is 49.8 Å². The van der Waals surface area contributed by atoms with Crippen LogP contribution in [0.3, 0.4) is 0 Å². The fraction of sp³-hybridized carbons (Fsp3) is 0.400. The third-order valence-corrected chi connectivity index (χ3v) is 5.54. The van der Waals surface area contributed by atoms with Crippen LogP contribution in [0.15, 0.2) is 66.4 Å². The molecule has 3 rings (SSSR count). The number of hydrogen-bond donors (Lipinski definition) is 2. The van der Waals surface area contributed by atoms with E-state index >= 15 is 0 Å². The molecule has 166 valence electrons. The molecule has 0 bridgehead atoms. The molecule has 2 aromatic carbocycles. The van der Waals surface area contributed by atoms with E-state index in [1.807, 2.05) is 50.3 Å². The molecule has 0 unspecified atom stereocenters. The number of aliphatic hydroxyl groups is 1. The molecule has 0 fully saturated rings. The molecule has 4 atom stereocenters. The maximum absolute atomic E-state index is 13.2. The molecule has 0 saturated heterocycles. The van der Waals surface area contributed by atoms with E-state index in [1.54, 1.807) is 12.1 Å². The van der Waals surface area contributed by atoms with E-state index in [1.165, 1.54) is 12.1 Å². The van der Waals surface area contributed by atoms with Gasteiger partial charge in [0.1, 0.15) is 5.82 Å². The number of benzene rings is 2. The standard InChI is InChI=1S/C25H30FNO4/c1-3-30-25-21(10-7-15-28)22(19-8-5-4-6-9-19)16-23(31-25)24(29)27-17(2)18-11-13-20(26)14-12-18/h4-6,8-9,11-14,16-17,21-22,25,28H,3,7,10,15H2,1-2H3,(H,27,29)/t17-,21+,22-,25-/m0/s1. The predicted molar refractivity (Wildman–Crippen MR) is 117 cm³/mol. The van der Waals surface area contributed by atoms with Crippen LogP contribution in [-0.4, -0.2) is 30.5 Å². The lowest BCUT2D eigenvalue weighted by Gasteiger charge is -2.37. The highest BCUT2D eigenvalue weighted by atomic mass is 19.1. The third-order valence-electron chi connectivity index (χ3n) is 5.54. The topological polar surface area (TPSA) is 67.8 Å². The van der Waals surface area contributed by atoms with Gasteiger partial charge in [0.15, 0.2) is 5.76 Å². The highest BCUT2D eigenvalue weighted by Crippen LogP contribution is 2.39. The molecular weight excluding hydrogens is 397 g/mol. The Morgan fingerprint density at radius 1 is 1.19 bits per heavy atom. The van der Waals surface area contributed by atoms with E-state index in [9.17, 15) is 14.3 Å². The minimum absolute atomic E-state index is 0.0272. The number of allylic oxidation sites excluding steroid dienone is 1. The molecule has 1 aliphatic heterocycles. The summed E-state index contributed by atoms with van der Waals surface area (Å²) in [6.07, 6.45) is 2.59. The second kappa shape index (κ2) is 11.1. The van der Waals surface area contributed by atoms with Crippen LogP contribution >= 0.6 is 0 Å². The molecule has 2 N–H and O–H groups in total. The molecule has 0 saturated carbocycles. The molecule has 1 amide bonds. The second-order valence-corrected chi connectivity index (χ2v) is 7.69. The van der Waals surface area contributed by atoms with Crippen LogP contribution in [0.5, 0.6) is 0 Å². The van der Waals surface area contributed by atoms with Crippen LogP contribution in [0.25, 0.3) is 0 Å². The summed E-state index contributed by atoms with van der Waals surface area (Å²) in [7, 11) is 0. The van der Waals surface area contributed by atoms with E-state index in [-0.39, 0.29) is 42.0 Å². The van der Waals surface area contributed by atoms with Crippen LogP contribution in [0.2, 0.25) is 0 Å². The Labute approximate surface area is 182 Å². The third kappa shape index (κ3) is 5.93. The number of ether oxygens (including phenoxy) is 2. The first-order chi connectivity index (χ1) is 15.0. The summed E-state index contributed by atoms with van der Waals surface area (Å²) in [4.78, 5) is 13.0. The van der Waals surface area contributed by atoms with Crippen LogP contribution in [0, 0.1) is 11.7 Å². The zero-order valence-corrected chi connectivity index (χ0v) is 18.0. The normalized spacial score (nSPS) is 21.7. The van der Waals surface area contributed by atoms with Crippen molar-refractivity contribution in [3.05, 3.63) is 83.4 Å². The molecule has 1 aliphatic rings. The lowest BCUT2D eigenvalue weighted by Crippen LogP contribution is -2.39. The molecule has 2 aromatic rings. The van der Waals surface area contributed by atoms with Gasteiger partial charge in [-0.2, -0.15) is 0 Å². The van der Waals surface area contributed by atoms with Crippen molar-refractivity contribution in [1.29, 1.82) is 0 Å². The number of aliphatic hydroxyl groups excluding tert-OH is 1. The Balaban J connectivity index is 1.85. The quantitative estimate of drug-likeness (QED) is 0.620. The van der Waals surface area contributed by atoms with Gasteiger partial charge in [-0.15, -0.1) is 0 Å². The molecule has 5 nitrogen and oxygen atoms in total. The van der Waals surface area contributed by atoms with Crippen LogP contribution < -0.4 is 5.32 Å². The number of amides is 1. The monoisotopic (exact) mass is 427 g/mol. The lowest BCUT2D eigenvalue weighted by molar-refractivity contribution is -0.166. The molecule has 1 heterocycles. The maximum atomic E-state index is 13.2. The highest BCUT2D eigenvalue weighted by Gasteiger charge is 2.37. The number of rotatable bonds is 9. The Hall–Kier alpha value is -2.70. The van der Waals surface area contributed by atoms with Gasteiger partial charge < -0.3 is 19.9 Å². The van der Waals surface area contributed by atoms with Gasteiger partial charge in [0.05, 0.1) is 6.04 Å². The van der Waals surface area contributed by atoms with Gasteiger partial charge in [-0.3, -0.25) is 4.79 Å². The fourth-order valence-corrected chi connectivity index (χ4v) is 3.92. The van der Waals surface area contributed by atoms with Crippen molar-refractivity contribution in [1.82, 2.24) is 5.32 Å². The zero-order chi connectivity index (χ0) is 22.2. The van der Waals surface area contributed by atoms with Crippen molar-refractivity contribution in [2.24, 2.45) is 5.92 Å². The first kappa shape index (κ1) is 23.0. The van der Waals surface area contributed by atoms with Gasteiger partial charge >= 0.3 is 0 Å². The van der Waals surface area contributed by atoms with Crippen molar-refractivity contribution >= 4 is 5.91 Å². The first-order valence-corrected chi connectivity index (χ1v) is 10.8. The minimum Gasteiger partial charge on any atom is -0.459 e. The van der Waals surface area contributed by atoms with Gasteiger partial charge in [0.25, 0.3) is 5.91 Å². The summed E-state index contributed by atoms with van der Waals surface area (Å²) < 4.78 is 25.1. The van der Waals surface area contributed by atoms with E-state index in [0.29, 0.717) is 19.4 Å². The Kier molecular flexibility index (Phi) is 8.20. The van der Waals surface area contributed by atoms with E-state index in [4.69, 9.17) is 9.47 Å². The largest absolute Gasteiger partial charge is 0.459 e. The smallest absolute Gasteiger partial charge is 0.286 e. The van der Waals surface area contributed by atoms with E-state index in [2.05, 4.69) is 5.32 Å². The summed E-state index contributed by atoms with van der Waals surface area (Å²) in [5, 5.41) is 12.3. The van der Waals surface area contributed by atoms with E-state index < -0.39 is 6.29 Å². The molecule has 0 aliphatic carbocycles. The number of carbonyl (C=O) groups is 1. The number of nitrogens with one attached hydrogen (secondary N) is 1. The zero-order valence-electron chi connectivity index (χ0n) is 18.0. The van der Waals surface area contributed by atoms with Gasteiger partial charge in [-0.1, -0.05) is 42.5 Å². The number of carbonyl (C=O) groups excluding carboxylic acids is 1. The van der Waals surface area contributed by atoms with Gasteiger partial charge in [-0.05, 0) is 56.0 Å². The van der Waals surface area contributed by atoms with Crippen LogP contribution in [0.4, 0.5) is 4.39 Å². The van der Waals surface area contributed by atoms with Crippen molar-refractivity contribution in [3.8, 4) is 0 Å². The van der Waals surface area contributed by atoms with Crippen molar-refractivity contribution in [3.63, 3.8) is 0 Å². The molecule has 0 spiro atoms. The summed E-state index contributed by atoms with van der Waals surface area (Å²) in [6, 6.07) is 15.7. The Morgan fingerprint density at radius 3 is 2.55 bits per heavy atom. The van der Waals surface area contributed by atoms with Gasteiger partial charge in [-0.25, -0.2) is 4.39 Å². The number of hydrogen-bond acceptors (Lipinski definition) is 4. The summed E-state index contributed by atoms with van der Waals surface area (Å²) in [5.41, 5.74) is 1.86. The molecule has 0 radical (unpaired) electrons. The second-order valence-electron chi connectivity index (χ2n) is 7.69. The highest BCUT2D eigenvalue weighted by molar-refractivity contribution is 5.92. The van der Waals surface area contributed by atoms with Gasteiger partial charge in [0, 0.05) is 25.0 Å². The minimum atomic E-state index is -0.589. The average Bonchev–Trinajstić information content (AvgIpc) is 2.79. The molecule has 31 heavy (non-hydrogen) atoms. The lowest BCUT2D eigenvalue weighted by atomic mass is 9.80.